The van der Waals surface area contributed by atoms with E-state index in [2.05, 4.69) is 19.2 Å². The summed E-state index contributed by atoms with van der Waals surface area (Å²) in [5, 5.41) is 12.4. The number of carbonyl (C=O) groups excluding carboxylic acids is 1. The van der Waals surface area contributed by atoms with Crippen LogP contribution in [-0.4, -0.2) is 48.2 Å². The maximum atomic E-state index is 11.6. The molecule has 0 aliphatic heterocycles. The average Bonchev–Trinajstić information content (AvgIpc) is 1.99. The first-order valence-corrected chi connectivity index (χ1v) is 5.32. The molecule has 0 saturated heterocycles. The maximum absolute atomic E-state index is 11.6. The molecule has 1 atom stereocenters. The lowest BCUT2D eigenvalue weighted by atomic mass is 10.0. The summed E-state index contributed by atoms with van der Waals surface area (Å²) >= 11 is 0. The Bertz CT molecular complexity index is 207. The van der Waals surface area contributed by atoms with Gasteiger partial charge in [-0.1, -0.05) is 13.8 Å². The van der Waals surface area contributed by atoms with Gasteiger partial charge in [-0.05, 0) is 33.9 Å². The minimum Gasteiger partial charge on any atom is -0.381 e. The molecule has 0 aliphatic rings. The molecule has 4 nitrogen and oxygen atoms in total. The second-order valence-electron chi connectivity index (χ2n) is 5.15. The van der Waals surface area contributed by atoms with Crippen LogP contribution in [0, 0.1) is 5.92 Å². The highest BCUT2D eigenvalue weighted by Crippen LogP contribution is 2.06. The van der Waals surface area contributed by atoms with Gasteiger partial charge in [0.25, 0.3) is 5.91 Å². The molecule has 0 rings (SSSR count). The van der Waals surface area contributed by atoms with Crippen LogP contribution in [0.15, 0.2) is 0 Å². The van der Waals surface area contributed by atoms with E-state index in [9.17, 15) is 9.90 Å². The van der Waals surface area contributed by atoms with E-state index in [0.717, 1.165) is 6.54 Å². The summed E-state index contributed by atoms with van der Waals surface area (Å²) in [6, 6.07) is 0.0684. The van der Waals surface area contributed by atoms with Crippen molar-refractivity contribution in [3.63, 3.8) is 0 Å². The Morgan fingerprint density at radius 3 is 2.13 bits per heavy atom. The van der Waals surface area contributed by atoms with Gasteiger partial charge in [0.05, 0.1) is 0 Å². The second-order valence-corrected chi connectivity index (χ2v) is 5.15. The van der Waals surface area contributed by atoms with Gasteiger partial charge in [0.2, 0.25) is 0 Å². The molecule has 15 heavy (non-hydrogen) atoms. The summed E-state index contributed by atoms with van der Waals surface area (Å²) < 4.78 is 0. The summed E-state index contributed by atoms with van der Waals surface area (Å²) in [5.74, 6) is 0.0294. The minimum absolute atomic E-state index is 0.0684. The normalized spacial score (nSPS) is 14.5. The van der Waals surface area contributed by atoms with Gasteiger partial charge in [-0.15, -0.1) is 0 Å². The molecular formula is C11H24N2O2. The maximum Gasteiger partial charge on any atom is 0.251 e. The van der Waals surface area contributed by atoms with Crippen LogP contribution in [0.4, 0.5) is 0 Å². The van der Waals surface area contributed by atoms with Crippen molar-refractivity contribution in [2.24, 2.45) is 5.92 Å². The van der Waals surface area contributed by atoms with Crippen molar-refractivity contribution in [3.8, 4) is 0 Å². The topological polar surface area (TPSA) is 52.6 Å². The third kappa shape index (κ3) is 5.74. The van der Waals surface area contributed by atoms with Crippen LogP contribution in [0.25, 0.3) is 0 Å². The molecule has 0 fully saturated rings. The zero-order valence-corrected chi connectivity index (χ0v) is 10.7. The first kappa shape index (κ1) is 14.4. The zero-order valence-electron chi connectivity index (χ0n) is 10.7. The molecule has 2 N–H and O–H groups in total. The Balaban J connectivity index is 4.36. The van der Waals surface area contributed by atoms with Gasteiger partial charge in [0, 0.05) is 12.6 Å². The van der Waals surface area contributed by atoms with E-state index < -0.39 is 5.60 Å². The summed E-state index contributed by atoms with van der Waals surface area (Å²) in [6.07, 6.45) is 0. The van der Waals surface area contributed by atoms with Crippen LogP contribution in [0.5, 0.6) is 0 Å². The van der Waals surface area contributed by atoms with Crippen LogP contribution in [0.3, 0.4) is 0 Å². The number of carbonyl (C=O) groups is 1. The molecule has 0 heterocycles. The van der Waals surface area contributed by atoms with E-state index in [4.69, 9.17) is 0 Å². The van der Waals surface area contributed by atoms with Crippen molar-refractivity contribution < 1.29 is 9.90 Å². The van der Waals surface area contributed by atoms with E-state index >= 15 is 0 Å². The number of rotatable bonds is 5. The average molecular weight is 216 g/mol. The molecule has 0 bridgehead atoms. The third-order valence-electron chi connectivity index (χ3n) is 2.24. The van der Waals surface area contributed by atoms with E-state index in [1.807, 2.05) is 19.0 Å². The molecule has 0 aromatic rings. The highest BCUT2D eigenvalue weighted by molar-refractivity contribution is 5.84. The smallest absolute Gasteiger partial charge is 0.251 e. The number of nitrogens with one attached hydrogen (secondary N) is 1. The first-order chi connectivity index (χ1) is 6.64. The lowest BCUT2D eigenvalue weighted by molar-refractivity contribution is -0.137. The summed E-state index contributed by atoms with van der Waals surface area (Å²) in [6.45, 7) is 7.88. The Morgan fingerprint density at radius 2 is 1.87 bits per heavy atom. The molecule has 0 aromatic heterocycles. The molecule has 0 aromatic carbocycles. The van der Waals surface area contributed by atoms with Gasteiger partial charge in [-0.3, -0.25) is 4.79 Å². The number of likely N-dealkylation sites (N-methyl/N-ethyl adjacent to an activating group) is 1. The fourth-order valence-electron chi connectivity index (χ4n) is 1.16. The molecule has 0 spiro atoms. The van der Waals surface area contributed by atoms with Crippen LogP contribution in [0.2, 0.25) is 0 Å². The lowest BCUT2D eigenvalue weighted by Gasteiger charge is -2.28. The summed E-state index contributed by atoms with van der Waals surface area (Å²) in [7, 11) is 3.93. The molecule has 0 radical (unpaired) electrons. The number of nitrogens with zero attached hydrogens (tertiary/aromatic N) is 1. The van der Waals surface area contributed by atoms with Crippen LogP contribution in [0.1, 0.15) is 27.7 Å². The minimum atomic E-state index is -1.31. The molecule has 90 valence electrons. The van der Waals surface area contributed by atoms with Crippen molar-refractivity contribution in [1.82, 2.24) is 10.2 Å². The molecule has 1 unspecified atom stereocenters. The van der Waals surface area contributed by atoms with Crippen LogP contribution >= 0.6 is 0 Å². The molecule has 0 aliphatic carbocycles. The van der Waals surface area contributed by atoms with E-state index in [1.54, 1.807) is 0 Å². The van der Waals surface area contributed by atoms with Crippen LogP contribution < -0.4 is 5.32 Å². The van der Waals surface area contributed by atoms with E-state index in [0.29, 0.717) is 5.92 Å². The van der Waals surface area contributed by atoms with Gasteiger partial charge in [0.15, 0.2) is 0 Å². The number of amides is 1. The summed E-state index contributed by atoms with van der Waals surface area (Å²) in [4.78, 5) is 13.6. The predicted molar refractivity (Wildman–Crippen MR) is 61.6 cm³/mol. The van der Waals surface area contributed by atoms with Crippen molar-refractivity contribution in [1.29, 1.82) is 0 Å². The Morgan fingerprint density at radius 1 is 1.40 bits per heavy atom. The van der Waals surface area contributed by atoms with Gasteiger partial charge in [-0.2, -0.15) is 0 Å². The van der Waals surface area contributed by atoms with Gasteiger partial charge in [-0.25, -0.2) is 0 Å². The Labute approximate surface area is 92.7 Å². The summed E-state index contributed by atoms with van der Waals surface area (Å²) in [5.41, 5.74) is -1.31. The van der Waals surface area contributed by atoms with Gasteiger partial charge < -0.3 is 15.3 Å². The highest BCUT2D eigenvalue weighted by atomic mass is 16.3. The number of aliphatic hydroxyl groups is 1. The van der Waals surface area contributed by atoms with Gasteiger partial charge in [0.1, 0.15) is 5.60 Å². The molecule has 0 saturated carbocycles. The van der Waals surface area contributed by atoms with Crippen molar-refractivity contribution in [2.45, 2.75) is 39.3 Å². The number of hydrogen-bond donors (Lipinski definition) is 2. The highest BCUT2D eigenvalue weighted by Gasteiger charge is 2.27. The standard InChI is InChI=1S/C11H24N2O2/c1-8(2)9(7-13(5)6)12-10(14)11(3,4)15/h8-9,15H,7H2,1-6H3,(H,12,14). The quantitative estimate of drug-likeness (QED) is 0.702. The van der Waals surface area contributed by atoms with E-state index in [-0.39, 0.29) is 11.9 Å². The fraction of sp³-hybridized carbons (Fsp3) is 0.909. The third-order valence-corrected chi connectivity index (χ3v) is 2.24. The van der Waals surface area contributed by atoms with Crippen LogP contribution in [-0.2, 0) is 4.79 Å². The first-order valence-electron chi connectivity index (χ1n) is 5.32. The second kappa shape index (κ2) is 5.47. The Hall–Kier alpha value is -0.610. The lowest BCUT2D eigenvalue weighted by Crippen LogP contribution is -2.51. The molecular weight excluding hydrogens is 192 g/mol. The number of hydrogen-bond acceptors (Lipinski definition) is 3. The zero-order chi connectivity index (χ0) is 12.2. The molecule has 4 heteroatoms. The van der Waals surface area contributed by atoms with E-state index in [1.165, 1.54) is 13.8 Å². The fourth-order valence-corrected chi connectivity index (χ4v) is 1.16. The van der Waals surface area contributed by atoms with Crippen molar-refractivity contribution >= 4 is 5.91 Å². The Kier molecular flexibility index (Phi) is 5.24. The molecule has 1 amide bonds. The predicted octanol–water partition coefficient (Wildman–Crippen LogP) is 0.460. The SMILES string of the molecule is CC(C)C(CN(C)C)NC(=O)C(C)(C)O. The van der Waals surface area contributed by atoms with Gasteiger partial charge >= 0.3 is 0 Å². The monoisotopic (exact) mass is 216 g/mol. The largest absolute Gasteiger partial charge is 0.381 e. The van der Waals surface area contributed by atoms with Crippen molar-refractivity contribution in [2.75, 3.05) is 20.6 Å². The van der Waals surface area contributed by atoms with Crippen molar-refractivity contribution in [3.05, 3.63) is 0 Å².